The second-order valence-corrected chi connectivity index (χ2v) is 91.5. The van der Waals surface area contributed by atoms with Gasteiger partial charge in [-0.3, -0.25) is 0 Å². The van der Waals surface area contributed by atoms with Crippen LogP contribution in [0.25, 0.3) is 0 Å². The molecule has 0 aliphatic carbocycles. The molecule has 1 aromatic rings. The lowest BCUT2D eigenvalue weighted by Crippen LogP contribution is -3.01. The topological polar surface area (TPSA) is 43.4 Å². The van der Waals surface area contributed by atoms with Gasteiger partial charge < -0.3 is 3.87 Å². The molecular formula is C21H47F3O3SSi7. The summed E-state index contributed by atoms with van der Waals surface area (Å²) in [5.41, 5.74) is -5.44. The van der Waals surface area contributed by atoms with E-state index in [-0.39, 0.29) is 0 Å². The summed E-state index contributed by atoms with van der Waals surface area (Å²) in [5, 5.41) is 0.811. The largest absolute Gasteiger partial charge is 0.522 e. The predicted molar refractivity (Wildman–Crippen MR) is 165 cm³/mol. The Bertz CT molecular complexity index is 938. The average molecular weight is 633 g/mol. The summed E-state index contributed by atoms with van der Waals surface area (Å²) in [6, 6.07) is 9.45. The first-order valence-electron chi connectivity index (χ1n) is 12.1. The lowest BCUT2D eigenvalue weighted by atomic mass is 10.4. The molecule has 0 N–H and O–H groups in total. The molecule has 3 nitrogen and oxygen atoms in total. The first-order chi connectivity index (χ1) is 15.1. The Labute approximate surface area is 218 Å². The van der Waals surface area contributed by atoms with Gasteiger partial charge in [0.2, 0.25) is 7.35 Å². The molecular weight excluding hydrogens is 586 g/mol. The van der Waals surface area contributed by atoms with Crippen molar-refractivity contribution in [3.8, 4) is 0 Å². The first kappa shape index (κ1) is 33.5. The van der Waals surface area contributed by atoms with E-state index in [2.05, 4.69) is 91.7 Å². The molecule has 0 atom stereocenters. The molecule has 0 fully saturated rings. The van der Waals surface area contributed by atoms with Gasteiger partial charge in [-0.25, -0.2) is 0 Å². The van der Waals surface area contributed by atoms with E-state index in [1.165, 1.54) is 0 Å². The van der Waals surface area contributed by atoms with Crippen LogP contribution in [-0.4, -0.2) is 64.9 Å². The number of hydrogen-bond donors (Lipinski definition) is 0. The third-order valence-corrected chi connectivity index (χ3v) is 160. The van der Waals surface area contributed by atoms with Gasteiger partial charge in [0, 0.05) is 30.4 Å². The minimum atomic E-state index is -5.79. The normalized spacial score (nSPS) is 15.9. The van der Waals surface area contributed by atoms with Crippen molar-refractivity contribution >= 4 is 66.3 Å². The quantitative estimate of drug-likeness (QED) is 0.225. The third-order valence-electron chi connectivity index (χ3n) is 9.11. The van der Waals surface area contributed by atoms with Crippen LogP contribution in [0, 0.1) is 0 Å². The second kappa shape index (κ2) is 9.57. The van der Waals surface area contributed by atoms with Crippen molar-refractivity contribution in [1.29, 1.82) is 0 Å². The third kappa shape index (κ3) is 5.21. The highest BCUT2D eigenvalue weighted by atomic mass is 32.2. The van der Waals surface area contributed by atoms with Crippen LogP contribution in [-0.2, 0) is 14.0 Å². The van der Waals surface area contributed by atoms with Crippen molar-refractivity contribution in [2.75, 3.05) is 0 Å². The molecule has 0 amide bonds. The maximum atomic E-state index is 14.2. The smallest absolute Gasteiger partial charge is 0.310 e. The van der Waals surface area contributed by atoms with Crippen LogP contribution in [0.5, 0.6) is 0 Å². The summed E-state index contributed by atoms with van der Waals surface area (Å²) in [7, 11) is -18.4. The fraction of sp³-hybridized carbons (Fsp3) is 0.714. The molecule has 0 spiro atoms. The minimum absolute atomic E-state index is 0.811. The summed E-state index contributed by atoms with van der Waals surface area (Å²) in [6.45, 7) is 26.3. The number of halogens is 3. The Morgan fingerprint density at radius 1 is 0.600 bits per heavy atom. The van der Waals surface area contributed by atoms with E-state index in [0.29, 0.717) is 0 Å². The average Bonchev–Trinajstić information content (AvgIpc) is 2.60. The molecule has 0 saturated carbocycles. The SMILES string of the molecule is C[Si](C)(C)[Si](C)([Si](C)(C)C)[Si](OS(=O)(=O)C(F)(F)F)(c1ccccc1)[Si](C)([Si](C)(C)C)[Si](C)(C)C. The zero-order valence-electron chi connectivity index (χ0n) is 24.2. The van der Waals surface area contributed by atoms with E-state index in [1.807, 2.05) is 30.3 Å². The highest BCUT2D eigenvalue weighted by Crippen LogP contribution is 2.49. The van der Waals surface area contributed by atoms with Crippen LogP contribution in [0.3, 0.4) is 0 Å². The molecule has 0 heterocycles. The standard InChI is InChI=1S/C21H47F3O3SSi7/c1-29(2,3)33(13,30(4,5)6)35(20-18-16-15-17-19-20,27-28(25,26)21(22,23)24)34(14,31(7,8)9)32(10,11)12/h15-19H,1-14H3. The minimum Gasteiger partial charge on any atom is -0.310 e. The van der Waals surface area contributed by atoms with Gasteiger partial charge in [-0.15, -0.1) is 0 Å². The van der Waals surface area contributed by atoms with Crippen LogP contribution in [0.2, 0.25) is 91.7 Å². The Balaban J connectivity index is 4.78. The van der Waals surface area contributed by atoms with Gasteiger partial charge in [0.15, 0.2) is 0 Å². The molecule has 0 aliphatic rings. The molecule has 0 radical (unpaired) electrons. The number of hydrogen-bond acceptors (Lipinski definition) is 3. The van der Waals surface area contributed by atoms with E-state index in [1.54, 1.807) is 0 Å². The summed E-state index contributed by atoms with van der Waals surface area (Å²) in [4.78, 5) is 0. The van der Waals surface area contributed by atoms with Crippen molar-refractivity contribution in [1.82, 2.24) is 0 Å². The lowest BCUT2D eigenvalue weighted by molar-refractivity contribution is -0.0500. The number of rotatable bonds is 9. The van der Waals surface area contributed by atoms with Gasteiger partial charge in [0.05, 0.1) is 13.3 Å². The fourth-order valence-corrected chi connectivity index (χ4v) is 238. The number of benzene rings is 1. The lowest BCUT2D eigenvalue weighted by Gasteiger charge is -2.67. The number of alkyl halides is 3. The molecule has 1 rings (SSSR count). The van der Waals surface area contributed by atoms with E-state index in [4.69, 9.17) is 3.87 Å². The molecule has 0 saturated heterocycles. The molecule has 0 aromatic heterocycles. The molecule has 14 heteroatoms. The summed E-state index contributed by atoms with van der Waals surface area (Å²) < 4.78 is 75.4. The van der Waals surface area contributed by atoms with Gasteiger partial charge >= 0.3 is 15.6 Å². The Hall–Kier alpha value is 0.438. The van der Waals surface area contributed by atoms with Crippen molar-refractivity contribution in [2.45, 2.75) is 97.2 Å². The monoisotopic (exact) mass is 632 g/mol. The molecule has 0 bridgehead atoms. The second-order valence-electron chi connectivity index (χ2n) is 14.3. The van der Waals surface area contributed by atoms with Gasteiger partial charge in [-0.2, -0.15) is 21.6 Å². The highest BCUT2D eigenvalue weighted by Gasteiger charge is 2.80. The van der Waals surface area contributed by atoms with Gasteiger partial charge in [0.25, 0.3) is 0 Å². The van der Waals surface area contributed by atoms with Gasteiger partial charge in [-0.05, 0) is 5.19 Å². The summed E-state index contributed by atoms with van der Waals surface area (Å²) in [5.74, 6) is 0. The van der Waals surface area contributed by atoms with E-state index in [0.717, 1.165) is 5.19 Å². The van der Waals surface area contributed by atoms with Crippen molar-refractivity contribution in [3.05, 3.63) is 30.3 Å². The first-order valence-corrected chi connectivity index (χ1v) is 40.5. The molecule has 35 heavy (non-hydrogen) atoms. The molecule has 0 unspecified atom stereocenters. The Morgan fingerprint density at radius 2 is 0.886 bits per heavy atom. The summed E-state index contributed by atoms with van der Waals surface area (Å²) in [6.07, 6.45) is 0. The summed E-state index contributed by atoms with van der Waals surface area (Å²) >= 11 is 0. The Morgan fingerprint density at radius 3 is 1.11 bits per heavy atom. The van der Waals surface area contributed by atoms with Crippen LogP contribution in [0.1, 0.15) is 0 Å². The van der Waals surface area contributed by atoms with Crippen LogP contribution >= 0.6 is 0 Å². The van der Waals surface area contributed by atoms with Gasteiger partial charge in [-0.1, -0.05) is 122 Å². The zero-order valence-corrected chi connectivity index (χ0v) is 32.0. The molecule has 1 aromatic carbocycles. The fourth-order valence-electron chi connectivity index (χ4n) is 6.54. The maximum Gasteiger partial charge on any atom is 0.522 e. The maximum absolute atomic E-state index is 14.2. The highest BCUT2D eigenvalue weighted by molar-refractivity contribution is 8.12. The van der Waals surface area contributed by atoms with Crippen LogP contribution in [0.15, 0.2) is 30.3 Å². The van der Waals surface area contributed by atoms with E-state index in [9.17, 15) is 21.6 Å². The Kier molecular flexibility index (Phi) is 9.15. The van der Waals surface area contributed by atoms with Crippen molar-refractivity contribution < 1.29 is 25.5 Å². The van der Waals surface area contributed by atoms with Crippen LogP contribution < -0.4 is 5.19 Å². The van der Waals surface area contributed by atoms with E-state index < -0.39 is 66.6 Å². The predicted octanol–water partition coefficient (Wildman–Crippen LogP) is 6.69. The van der Waals surface area contributed by atoms with Crippen molar-refractivity contribution in [2.24, 2.45) is 0 Å². The molecule has 204 valence electrons. The van der Waals surface area contributed by atoms with Crippen LogP contribution in [0.4, 0.5) is 13.2 Å². The molecule has 0 aliphatic heterocycles. The van der Waals surface area contributed by atoms with E-state index >= 15 is 0 Å². The van der Waals surface area contributed by atoms with Crippen molar-refractivity contribution in [3.63, 3.8) is 0 Å². The zero-order chi connectivity index (χ0) is 28.3. The van der Waals surface area contributed by atoms with Gasteiger partial charge in [0.1, 0.15) is 0 Å².